The van der Waals surface area contributed by atoms with E-state index in [0.29, 0.717) is 29.8 Å². The first-order chi connectivity index (χ1) is 8.64. The molecular formula is C15H26N2O. The molecule has 0 spiro atoms. The van der Waals surface area contributed by atoms with Gasteiger partial charge in [-0.05, 0) is 56.8 Å². The van der Waals surface area contributed by atoms with E-state index in [1.807, 2.05) is 0 Å². The van der Waals surface area contributed by atoms with Crippen LogP contribution >= 0.6 is 0 Å². The maximum absolute atomic E-state index is 12.4. The molecule has 0 aromatic rings. The van der Waals surface area contributed by atoms with Crippen molar-refractivity contribution in [1.29, 1.82) is 0 Å². The largest absolute Gasteiger partial charge is 0.352 e. The topological polar surface area (TPSA) is 55.1 Å². The zero-order chi connectivity index (χ0) is 12.8. The Balaban J connectivity index is 1.67. The minimum Gasteiger partial charge on any atom is -0.352 e. The maximum Gasteiger partial charge on any atom is 0.226 e. The van der Waals surface area contributed by atoms with Crippen LogP contribution in [0.2, 0.25) is 0 Å². The van der Waals surface area contributed by atoms with Crippen LogP contribution in [0.25, 0.3) is 0 Å². The van der Waals surface area contributed by atoms with Gasteiger partial charge >= 0.3 is 0 Å². The minimum atomic E-state index is 0.00780. The monoisotopic (exact) mass is 250 g/mol. The molecule has 3 aliphatic rings. The molecule has 3 nitrogen and oxygen atoms in total. The number of carbonyl (C=O) groups excluding carboxylic acids is 1. The Kier molecular flexibility index (Phi) is 3.13. The van der Waals surface area contributed by atoms with Crippen LogP contribution in [-0.2, 0) is 4.79 Å². The van der Waals surface area contributed by atoms with Crippen molar-refractivity contribution in [3.8, 4) is 0 Å². The number of nitrogens with one attached hydrogen (secondary N) is 1. The standard InChI is InChI=1S/C15H26N2O/c1-2-15(6-7-15)14(18)17-13-10-4-3-5-11(13)9-12(16)8-10/h10-13H,2-9,16H2,1H3,(H,17,18). The Labute approximate surface area is 110 Å². The second kappa shape index (κ2) is 4.52. The van der Waals surface area contributed by atoms with Crippen molar-refractivity contribution < 1.29 is 4.79 Å². The lowest BCUT2D eigenvalue weighted by atomic mass is 9.67. The van der Waals surface area contributed by atoms with Crippen LogP contribution < -0.4 is 11.1 Å². The molecule has 3 rings (SSSR count). The Bertz CT molecular complexity index is 323. The van der Waals surface area contributed by atoms with Gasteiger partial charge in [-0.3, -0.25) is 4.79 Å². The van der Waals surface area contributed by atoms with Crippen LogP contribution in [0.3, 0.4) is 0 Å². The molecule has 18 heavy (non-hydrogen) atoms. The van der Waals surface area contributed by atoms with Gasteiger partial charge in [-0.1, -0.05) is 13.3 Å². The Morgan fingerprint density at radius 2 is 1.89 bits per heavy atom. The summed E-state index contributed by atoms with van der Waals surface area (Å²) < 4.78 is 0. The summed E-state index contributed by atoms with van der Waals surface area (Å²) in [5.74, 6) is 1.62. The molecule has 0 aliphatic heterocycles. The van der Waals surface area contributed by atoms with E-state index in [9.17, 15) is 4.79 Å². The number of carbonyl (C=O) groups is 1. The van der Waals surface area contributed by atoms with Crippen LogP contribution in [0.15, 0.2) is 0 Å². The number of hydrogen-bond acceptors (Lipinski definition) is 2. The van der Waals surface area contributed by atoms with Crippen molar-refractivity contribution in [1.82, 2.24) is 5.32 Å². The van der Waals surface area contributed by atoms with Gasteiger partial charge in [0.05, 0.1) is 0 Å². The number of amides is 1. The van der Waals surface area contributed by atoms with Crippen molar-refractivity contribution in [2.75, 3.05) is 0 Å². The first-order valence-corrected chi connectivity index (χ1v) is 7.71. The average molecular weight is 250 g/mol. The molecule has 0 radical (unpaired) electrons. The molecular weight excluding hydrogens is 224 g/mol. The number of nitrogens with two attached hydrogens (primary N) is 1. The SMILES string of the molecule is CCC1(C(=O)NC2C3CCCC2CC(N)C3)CC1. The summed E-state index contributed by atoms with van der Waals surface area (Å²) >= 11 is 0. The Hall–Kier alpha value is -0.570. The van der Waals surface area contributed by atoms with E-state index in [0.717, 1.165) is 32.1 Å². The molecule has 2 unspecified atom stereocenters. The summed E-state index contributed by atoms with van der Waals surface area (Å²) in [6.45, 7) is 2.14. The van der Waals surface area contributed by atoms with E-state index in [-0.39, 0.29) is 5.41 Å². The van der Waals surface area contributed by atoms with Crippen molar-refractivity contribution >= 4 is 5.91 Å². The Morgan fingerprint density at radius 1 is 1.28 bits per heavy atom. The normalized spacial score (nSPS) is 41.2. The van der Waals surface area contributed by atoms with Gasteiger partial charge in [0.2, 0.25) is 5.91 Å². The van der Waals surface area contributed by atoms with E-state index >= 15 is 0 Å². The second-order valence-electron chi connectivity index (χ2n) is 6.82. The molecule has 102 valence electrons. The number of hydrogen-bond donors (Lipinski definition) is 2. The molecule has 1 amide bonds. The highest BCUT2D eigenvalue weighted by molar-refractivity contribution is 5.85. The highest BCUT2D eigenvalue weighted by Crippen LogP contribution is 2.49. The molecule has 0 aromatic heterocycles. The molecule has 0 heterocycles. The van der Waals surface area contributed by atoms with E-state index in [4.69, 9.17) is 5.73 Å². The van der Waals surface area contributed by atoms with Crippen LogP contribution in [-0.4, -0.2) is 18.0 Å². The van der Waals surface area contributed by atoms with Gasteiger partial charge in [0, 0.05) is 17.5 Å². The molecule has 3 fully saturated rings. The smallest absolute Gasteiger partial charge is 0.226 e. The fraction of sp³-hybridized carbons (Fsp3) is 0.933. The minimum absolute atomic E-state index is 0.00780. The average Bonchev–Trinajstić information content (AvgIpc) is 3.11. The number of fused-ring (bicyclic) bond motifs is 2. The fourth-order valence-electron chi connectivity index (χ4n) is 4.22. The summed E-state index contributed by atoms with van der Waals surface area (Å²) in [6.07, 6.45) is 9.26. The summed E-state index contributed by atoms with van der Waals surface area (Å²) in [5.41, 5.74) is 6.14. The predicted octanol–water partition coefficient (Wildman–Crippen LogP) is 2.20. The predicted molar refractivity (Wildman–Crippen MR) is 71.9 cm³/mol. The quantitative estimate of drug-likeness (QED) is 0.807. The van der Waals surface area contributed by atoms with Crippen LogP contribution in [0.1, 0.15) is 58.3 Å². The first kappa shape index (κ1) is 12.5. The van der Waals surface area contributed by atoms with Gasteiger partial charge in [-0.25, -0.2) is 0 Å². The van der Waals surface area contributed by atoms with Crippen LogP contribution in [0, 0.1) is 17.3 Å². The lowest BCUT2D eigenvalue weighted by Crippen LogP contribution is -2.55. The molecule has 2 bridgehead atoms. The highest BCUT2D eigenvalue weighted by atomic mass is 16.2. The third-order valence-electron chi connectivity index (χ3n) is 5.69. The summed E-state index contributed by atoms with van der Waals surface area (Å²) in [7, 11) is 0. The zero-order valence-electron chi connectivity index (χ0n) is 11.5. The van der Waals surface area contributed by atoms with Gasteiger partial charge in [0.25, 0.3) is 0 Å². The summed E-state index contributed by atoms with van der Waals surface area (Å²) in [6, 6.07) is 0.796. The van der Waals surface area contributed by atoms with Crippen molar-refractivity contribution in [2.45, 2.75) is 70.4 Å². The van der Waals surface area contributed by atoms with Gasteiger partial charge in [0.1, 0.15) is 0 Å². The van der Waals surface area contributed by atoms with Gasteiger partial charge in [-0.2, -0.15) is 0 Å². The Morgan fingerprint density at radius 3 is 2.39 bits per heavy atom. The fourth-order valence-corrected chi connectivity index (χ4v) is 4.22. The number of rotatable bonds is 3. The van der Waals surface area contributed by atoms with E-state index < -0.39 is 0 Å². The third kappa shape index (κ3) is 2.07. The van der Waals surface area contributed by atoms with Crippen LogP contribution in [0.4, 0.5) is 0 Å². The van der Waals surface area contributed by atoms with E-state index in [1.165, 1.54) is 19.3 Å². The highest BCUT2D eigenvalue weighted by Gasteiger charge is 2.50. The van der Waals surface area contributed by atoms with Gasteiger partial charge in [-0.15, -0.1) is 0 Å². The lowest BCUT2D eigenvalue weighted by Gasteiger charge is -2.45. The van der Waals surface area contributed by atoms with Crippen molar-refractivity contribution in [3.63, 3.8) is 0 Å². The molecule has 3 saturated carbocycles. The summed E-state index contributed by atoms with van der Waals surface area (Å²) in [4.78, 5) is 12.4. The third-order valence-corrected chi connectivity index (χ3v) is 5.69. The van der Waals surface area contributed by atoms with E-state index in [2.05, 4.69) is 12.2 Å². The maximum atomic E-state index is 12.4. The first-order valence-electron chi connectivity index (χ1n) is 7.71. The molecule has 0 aromatic carbocycles. The zero-order valence-corrected chi connectivity index (χ0v) is 11.5. The van der Waals surface area contributed by atoms with E-state index in [1.54, 1.807) is 0 Å². The van der Waals surface area contributed by atoms with Crippen molar-refractivity contribution in [3.05, 3.63) is 0 Å². The molecule has 3 heteroatoms. The van der Waals surface area contributed by atoms with Crippen molar-refractivity contribution in [2.24, 2.45) is 23.0 Å². The summed E-state index contributed by atoms with van der Waals surface area (Å²) in [5, 5.41) is 3.40. The molecule has 3 aliphatic carbocycles. The molecule has 3 N–H and O–H groups in total. The molecule has 2 atom stereocenters. The second-order valence-corrected chi connectivity index (χ2v) is 6.82. The lowest BCUT2D eigenvalue weighted by molar-refractivity contribution is -0.128. The molecule has 0 saturated heterocycles. The van der Waals surface area contributed by atoms with Gasteiger partial charge < -0.3 is 11.1 Å². The van der Waals surface area contributed by atoms with Gasteiger partial charge in [0.15, 0.2) is 0 Å². The van der Waals surface area contributed by atoms with Crippen LogP contribution in [0.5, 0.6) is 0 Å².